The van der Waals surface area contributed by atoms with Crippen molar-refractivity contribution in [1.29, 1.82) is 0 Å². The van der Waals surface area contributed by atoms with Gasteiger partial charge in [0, 0.05) is 12.8 Å². The van der Waals surface area contributed by atoms with E-state index in [-0.39, 0.29) is 19.4 Å². The number of unbranched alkanes of at least 4 members (excludes halogenated alkanes) is 20. The summed E-state index contributed by atoms with van der Waals surface area (Å²) >= 11 is 0. The van der Waals surface area contributed by atoms with Crippen LogP contribution in [0.3, 0.4) is 0 Å². The van der Waals surface area contributed by atoms with E-state index in [0.29, 0.717) is 12.8 Å². The lowest BCUT2D eigenvalue weighted by Crippen LogP contribution is -2.60. The first kappa shape index (κ1) is 53.9. The molecule has 1 aliphatic rings. The number of aliphatic hydroxyl groups is 3. The van der Waals surface area contributed by atoms with Crippen LogP contribution in [0.25, 0.3) is 0 Å². The average molecular weight is 845 g/mol. The highest BCUT2D eigenvalue weighted by atomic mass is 32.2. The molecule has 0 saturated carbocycles. The van der Waals surface area contributed by atoms with Crippen molar-refractivity contribution in [2.45, 2.75) is 218 Å². The van der Waals surface area contributed by atoms with Gasteiger partial charge in [0.05, 0.1) is 6.61 Å². The highest BCUT2D eigenvalue weighted by Crippen LogP contribution is 2.24. The molecule has 58 heavy (non-hydrogen) atoms. The second-order valence-corrected chi connectivity index (χ2v) is 17.2. The monoisotopic (exact) mass is 845 g/mol. The maximum absolute atomic E-state index is 12.8. The minimum atomic E-state index is -4.60. The summed E-state index contributed by atoms with van der Waals surface area (Å²) in [6.07, 6.45) is 30.4. The van der Waals surface area contributed by atoms with Crippen molar-refractivity contribution in [2.24, 2.45) is 0 Å². The Bertz CT molecular complexity index is 1220. The zero-order valence-corrected chi connectivity index (χ0v) is 36.7. The van der Waals surface area contributed by atoms with Crippen LogP contribution in [-0.2, 0) is 38.7 Å². The Balaban J connectivity index is 2.47. The zero-order valence-electron chi connectivity index (χ0n) is 35.9. The van der Waals surface area contributed by atoms with Gasteiger partial charge in [-0.25, -0.2) is 0 Å². The highest BCUT2D eigenvalue weighted by Gasteiger charge is 2.46. The molecule has 0 amide bonds. The van der Waals surface area contributed by atoms with Crippen molar-refractivity contribution in [2.75, 3.05) is 19.0 Å². The van der Waals surface area contributed by atoms with Crippen LogP contribution in [0.15, 0.2) is 36.5 Å². The molecule has 0 radical (unpaired) electrons. The van der Waals surface area contributed by atoms with Gasteiger partial charge in [0.2, 0.25) is 0 Å². The average Bonchev–Trinajstić information content (AvgIpc) is 3.18. The van der Waals surface area contributed by atoms with E-state index in [0.717, 1.165) is 77.0 Å². The van der Waals surface area contributed by atoms with Gasteiger partial charge < -0.3 is 34.3 Å². The molecule has 1 fully saturated rings. The van der Waals surface area contributed by atoms with Gasteiger partial charge in [-0.05, 0) is 64.2 Å². The van der Waals surface area contributed by atoms with Crippen molar-refractivity contribution in [1.82, 2.24) is 0 Å². The van der Waals surface area contributed by atoms with E-state index >= 15 is 0 Å². The quantitative estimate of drug-likeness (QED) is 0.0153. The van der Waals surface area contributed by atoms with E-state index < -0.39 is 71.2 Å². The number of allylic oxidation sites excluding steroid dienone is 6. The minimum Gasteiger partial charge on any atom is -0.462 e. The van der Waals surface area contributed by atoms with Gasteiger partial charge >= 0.3 is 11.9 Å². The standard InChI is InChI=1S/C45H80O12S/c1-3-5-7-9-11-13-15-17-19-21-23-25-27-29-31-33-40(46)54-35-38(36-55-45-44(50)43(49)42(48)39(57-45)37-58(51,52)53)56-41(47)34-32-30-28-26-24-22-20-18-16-14-12-10-8-6-4-2/h13,15,17-20,38-39,42-45,48-50H,3-12,14,16,21-37H2,1-2H3,(H,51,52,53)/b15-13+,19-17+,20-18+/t38-,39-,42-,43?,44?,45+/m1/s1. The van der Waals surface area contributed by atoms with Crippen LogP contribution >= 0.6 is 0 Å². The molecule has 1 heterocycles. The van der Waals surface area contributed by atoms with Crippen LogP contribution in [0.4, 0.5) is 0 Å². The Morgan fingerprint density at radius 3 is 1.55 bits per heavy atom. The maximum Gasteiger partial charge on any atom is 0.306 e. The Morgan fingerprint density at radius 1 is 0.586 bits per heavy atom. The summed E-state index contributed by atoms with van der Waals surface area (Å²) in [6.45, 7) is 3.71. The first-order valence-electron chi connectivity index (χ1n) is 22.6. The van der Waals surface area contributed by atoms with E-state index in [2.05, 4.69) is 50.3 Å². The molecule has 0 aromatic heterocycles. The lowest BCUT2D eigenvalue weighted by Gasteiger charge is -2.40. The third-order valence-corrected chi connectivity index (χ3v) is 11.0. The Kier molecular flexibility index (Phi) is 33.1. The Labute approximate surface area is 351 Å². The Morgan fingerprint density at radius 2 is 1.03 bits per heavy atom. The van der Waals surface area contributed by atoms with Crippen molar-refractivity contribution in [3.63, 3.8) is 0 Å². The number of esters is 2. The summed E-state index contributed by atoms with van der Waals surface area (Å²) < 4.78 is 54.0. The van der Waals surface area contributed by atoms with Gasteiger partial charge in [0.25, 0.3) is 10.1 Å². The van der Waals surface area contributed by atoms with Crippen molar-refractivity contribution in [3.8, 4) is 0 Å². The molecule has 6 atom stereocenters. The van der Waals surface area contributed by atoms with Crippen molar-refractivity contribution in [3.05, 3.63) is 36.5 Å². The fraction of sp³-hybridized carbons (Fsp3) is 0.822. The van der Waals surface area contributed by atoms with Gasteiger partial charge in [0.1, 0.15) is 36.8 Å². The number of ether oxygens (including phenoxy) is 4. The molecule has 0 aromatic rings. The molecule has 12 nitrogen and oxygen atoms in total. The normalized spacial score (nSPS) is 20.7. The predicted molar refractivity (Wildman–Crippen MR) is 229 cm³/mol. The second-order valence-electron chi connectivity index (χ2n) is 15.7. The van der Waals surface area contributed by atoms with Gasteiger partial charge in [-0.1, -0.05) is 140 Å². The van der Waals surface area contributed by atoms with E-state index in [1.165, 1.54) is 64.2 Å². The molecule has 0 spiro atoms. The molecular formula is C45H80O12S. The topological polar surface area (TPSA) is 186 Å². The predicted octanol–water partition coefficient (Wildman–Crippen LogP) is 9.00. The number of carbonyl (C=O) groups excluding carboxylic acids is 2. The molecule has 2 unspecified atom stereocenters. The van der Waals surface area contributed by atoms with Crippen LogP contribution in [-0.4, -0.2) is 96.0 Å². The molecule has 338 valence electrons. The van der Waals surface area contributed by atoms with Crippen LogP contribution in [0.1, 0.15) is 181 Å². The highest BCUT2D eigenvalue weighted by molar-refractivity contribution is 7.85. The largest absolute Gasteiger partial charge is 0.462 e. The molecule has 0 aromatic carbocycles. The smallest absolute Gasteiger partial charge is 0.306 e. The lowest BCUT2D eigenvalue weighted by molar-refractivity contribution is -0.297. The number of rotatable bonds is 37. The van der Waals surface area contributed by atoms with Gasteiger partial charge in [0.15, 0.2) is 12.4 Å². The molecule has 1 aliphatic heterocycles. The van der Waals surface area contributed by atoms with E-state index in [1.807, 2.05) is 0 Å². The first-order valence-corrected chi connectivity index (χ1v) is 24.2. The van der Waals surface area contributed by atoms with Gasteiger partial charge in [-0.2, -0.15) is 8.42 Å². The number of hydrogen-bond donors (Lipinski definition) is 4. The minimum absolute atomic E-state index is 0.151. The maximum atomic E-state index is 12.8. The zero-order chi connectivity index (χ0) is 42.7. The van der Waals surface area contributed by atoms with Gasteiger partial charge in [-0.3, -0.25) is 14.1 Å². The summed E-state index contributed by atoms with van der Waals surface area (Å²) in [4.78, 5) is 25.4. The number of hydrogen-bond acceptors (Lipinski definition) is 11. The van der Waals surface area contributed by atoms with Crippen molar-refractivity contribution < 1.29 is 56.8 Å². The summed E-state index contributed by atoms with van der Waals surface area (Å²) in [5, 5.41) is 30.9. The summed E-state index contributed by atoms with van der Waals surface area (Å²) in [6, 6.07) is 0. The first-order chi connectivity index (χ1) is 28.0. The molecule has 4 N–H and O–H groups in total. The van der Waals surface area contributed by atoms with Crippen LogP contribution in [0, 0.1) is 0 Å². The van der Waals surface area contributed by atoms with Crippen LogP contribution < -0.4 is 0 Å². The van der Waals surface area contributed by atoms with E-state index in [9.17, 15) is 37.9 Å². The third kappa shape index (κ3) is 30.0. The molecule has 0 bridgehead atoms. The lowest BCUT2D eigenvalue weighted by atomic mass is 10.00. The molecule has 13 heteroatoms. The fourth-order valence-corrected chi connectivity index (χ4v) is 7.35. The van der Waals surface area contributed by atoms with E-state index in [1.54, 1.807) is 0 Å². The SMILES string of the molecule is CCCCCC/C=C/C=C/CCCCCCCC(=O)OC[C@H](CO[C@H]1O[C@H](CS(=O)(=O)O)[C@@H](O)C(O)C1O)OC(=O)CCCCCCC/C=C/CCCCCCCC. The fourth-order valence-electron chi connectivity index (χ4n) is 6.66. The van der Waals surface area contributed by atoms with Crippen LogP contribution in [0.2, 0.25) is 0 Å². The molecule has 1 rings (SSSR count). The second kappa shape index (κ2) is 35.6. The van der Waals surface area contributed by atoms with Crippen LogP contribution in [0.5, 0.6) is 0 Å². The molecular weight excluding hydrogens is 765 g/mol. The molecule has 1 saturated heterocycles. The number of aliphatic hydroxyl groups excluding tert-OH is 3. The van der Waals surface area contributed by atoms with E-state index in [4.69, 9.17) is 18.9 Å². The third-order valence-electron chi connectivity index (χ3n) is 10.2. The molecule has 0 aliphatic carbocycles. The Hall–Kier alpha value is -2.13. The van der Waals surface area contributed by atoms with Gasteiger partial charge in [-0.15, -0.1) is 0 Å². The number of carbonyl (C=O) groups is 2. The summed E-state index contributed by atoms with van der Waals surface area (Å²) in [7, 11) is -4.60. The summed E-state index contributed by atoms with van der Waals surface area (Å²) in [5.74, 6) is -2.01. The summed E-state index contributed by atoms with van der Waals surface area (Å²) in [5.41, 5.74) is 0. The van der Waals surface area contributed by atoms with Crippen molar-refractivity contribution >= 4 is 22.1 Å².